The third kappa shape index (κ3) is 4.65. The number of hydrogen-bond acceptors (Lipinski definition) is 0. The molecule has 0 aromatic heterocycles. The maximum Gasteiger partial charge on any atom is 0.0589 e. The quantitative estimate of drug-likeness (QED) is 0.420. The van der Waals surface area contributed by atoms with Gasteiger partial charge in [-0.05, 0) is 29.0 Å². The molecular weight excluding hydrogens is 244 g/mol. The van der Waals surface area contributed by atoms with Gasteiger partial charge in [0.25, 0.3) is 0 Å². The van der Waals surface area contributed by atoms with Crippen molar-refractivity contribution in [1.29, 1.82) is 0 Å². The molecule has 1 heteroatoms. The fourth-order valence-electron chi connectivity index (χ4n) is 2.74. The Balaban J connectivity index is 3.08. The van der Waals surface area contributed by atoms with E-state index < -0.39 is 8.07 Å². The van der Waals surface area contributed by atoms with E-state index in [1.807, 2.05) is 0 Å². The first-order valence-electron chi connectivity index (χ1n) is 7.48. The summed E-state index contributed by atoms with van der Waals surface area (Å²) in [7, 11) is -1.32. The number of hydrogen-bond donors (Lipinski definition) is 0. The summed E-state index contributed by atoms with van der Waals surface area (Å²) in [5, 5.41) is 0. The van der Waals surface area contributed by atoms with Crippen LogP contribution in [-0.2, 0) is 0 Å². The summed E-state index contributed by atoms with van der Waals surface area (Å²) >= 11 is 0. The van der Waals surface area contributed by atoms with Gasteiger partial charge in [-0.1, -0.05) is 76.7 Å². The summed E-state index contributed by atoms with van der Waals surface area (Å²) in [6.07, 6.45) is 4.66. The molecule has 1 aromatic carbocycles. The predicted molar refractivity (Wildman–Crippen MR) is 90.4 cm³/mol. The molecule has 0 N–H and O–H groups in total. The Labute approximate surface area is 121 Å². The van der Waals surface area contributed by atoms with Crippen LogP contribution in [0.4, 0.5) is 0 Å². The summed E-state index contributed by atoms with van der Waals surface area (Å²) in [4.78, 5) is 0. The number of rotatable bonds is 7. The van der Waals surface area contributed by atoms with Gasteiger partial charge in [0.15, 0.2) is 0 Å². The van der Waals surface area contributed by atoms with Crippen molar-refractivity contribution in [1.82, 2.24) is 0 Å². The standard InChI is InChI=1S/C18H30Si/c1-7-14-19(5,6)17(15-18(3,4)8-2)16-12-10-9-11-13-16/h7,9-13,17H,1,8,14-15H2,2-6H3. The Hall–Kier alpha value is -0.823. The molecule has 0 aliphatic carbocycles. The van der Waals surface area contributed by atoms with Gasteiger partial charge in [-0.3, -0.25) is 0 Å². The van der Waals surface area contributed by atoms with Crippen LogP contribution in [0.15, 0.2) is 43.0 Å². The topological polar surface area (TPSA) is 0 Å². The van der Waals surface area contributed by atoms with Gasteiger partial charge in [0, 0.05) is 0 Å². The molecule has 0 nitrogen and oxygen atoms in total. The maximum absolute atomic E-state index is 3.97. The third-order valence-corrected chi connectivity index (χ3v) is 8.29. The Morgan fingerprint density at radius 2 is 1.79 bits per heavy atom. The van der Waals surface area contributed by atoms with Gasteiger partial charge in [0.2, 0.25) is 0 Å². The molecular formula is C18H30Si. The van der Waals surface area contributed by atoms with E-state index in [1.54, 1.807) is 0 Å². The highest BCUT2D eigenvalue weighted by Crippen LogP contribution is 2.41. The first-order chi connectivity index (χ1) is 8.82. The number of benzene rings is 1. The maximum atomic E-state index is 3.97. The molecule has 0 radical (unpaired) electrons. The van der Waals surface area contributed by atoms with E-state index in [-0.39, 0.29) is 0 Å². The molecule has 0 spiro atoms. The molecule has 106 valence electrons. The van der Waals surface area contributed by atoms with Crippen molar-refractivity contribution < 1.29 is 0 Å². The summed E-state index contributed by atoms with van der Waals surface area (Å²) in [5.74, 6) is 0. The zero-order valence-corrected chi connectivity index (χ0v) is 14.4. The Morgan fingerprint density at radius 3 is 2.26 bits per heavy atom. The molecule has 0 amide bonds. The van der Waals surface area contributed by atoms with Gasteiger partial charge in [-0.25, -0.2) is 0 Å². The Bertz CT molecular complexity index is 389. The summed E-state index contributed by atoms with van der Waals surface area (Å²) in [6, 6.07) is 12.3. The lowest BCUT2D eigenvalue weighted by atomic mass is 9.83. The fourth-order valence-corrected chi connectivity index (χ4v) is 5.97. The van der Waals surface area contributed by atoms with Crippen molar-refractivity contribution in [2.75, 3.05) is 0 Å². The van der Waals surface area contributed by atoms with Crippen molar-refractivity contribution in [2.24, 2.45) is 5.41 Å². The third-order valence-electron chi connectivity index (χ3n) is 4.53. The molecule has 1 aromatic rings. The van der Waals surface area contributed by atoms with Crippen molar-refractivity contribution in [2.45, 2.75) is 58.3 Å². The van der Waals surface area contributed by atoms with E-state index in [0.717, 1.165) is 5.54 Å². The van der Waals surface area contributed by atoms with Gasteiger partial charge in [-0.15, -0.1) is 6.58 Å². The van der Waals surface area contributed by atoms with E-state index in [9.17, 15) is 0 Å². The SMILES string of the molecule is C=CC[Si](C)(C)C(CC(C)(C)CC)c1ccccc1. The lowest BCUT2D eigenvalue weighted by Crippen LogP contribution is -2.37. The highest BCUT2D eigenvalue weighted by Gasteiger charge is 2.35. The van der Waals surface area contributed by atoms with E-state index in [1.165, 1.54) is 24.4 Å². The smallest absolute Gasteiger partial charge is 0.0589 e. The van der Waals surface area contributed by atoms with Gasteiger partial charge in [-0.2, -0.15) is 0 Å². The van der Waals surface area contributed by atoms with Crippen LogP contribution in [-0.4, -0.2) is 8.07 Å². The minimum absolute atomic E-state index is 0.423. The van der Waals surface area contributed by atoms with Gasteiger partial charge in [0.05, 0.1) is 8.07 Å². The lowest BCUT2D eigenvalue weighted by molar-refractivity contribution is 0.314. The van der Waals surface area contributed by atoms with Gasteiger partial charge >= 0.3 is 0 Å². The average molecular weight is 275 g/mol. The summed E-state index contributed by atoms with van der Waals surface area (Å²) in [6.45, 7) is 16.1. The van der Waals surface area contributed by atoms with Crippen LogP contribution in [0.3, 0.4) is 0 Å². The largest absolute Gasteiger partial charge is 0.103 e. The lowest BCUT2D eigenvalue weighted by Gasteiger charge is -2.38. The minimum atomic E-state index is -1.32. The molecule has 1 unspecified atom stereocenters. The van der Waals surface area contributed by atoms with E-state index >= 15 is 0 Å². The first kappa shape index (κ1) is 16.2. The molecule has 0 fully saturated rings. The zero-order valence-electron chi connectivity index (χ0n) is 13.4. The molecule has 0 heterocycles. The van der Waals surface area contributed by atoms with Crippen LogP contribution < -0.4 is 0 Å². The first-order valence-corrected chi connectivity index (χ1v) is 10.8. The van der Waals surface area contributed by atoms with Crippen LogP contribution >= 0.6 is 0 Å². The normalized spacial score (nSPS) is 14.2. The van der Waals surface area contributed by atoms with Gasteiger partial charge < -0.3 is 0 Å². The zero-order chi connectivity index (χ0) is 14.5. The van der Waals surface area contributed by atoms with Crippen molar-refractivity contribution in [3.05, 3.63) is 48.6 Å². The molecule has 0 saturated heterocycles. The van der Waals surface area contributed by atoms with Crippen molar-refractivity contribution in [3.63, 3.8) is 0 Å². The molecule has 0 aliphatic heterocycles. The van der Waals surface area contributed by atoms with Crippen LogP contribution in [0.25, 0.3) is 0 Å². The van der Waals surface area contributed by atoms with Gasteiger partial charge in [0.1, 0.15) is 0 Å². The average Bonchev–Trinajstić information content (AvgIpc) is 2.37. The molecule has 1 rings (SSSR count). The van der Waals surface area contributed by atoms with Crippen LogP contribution in [0.5, 0.6) is 0 Å². The molecule has 19 heavy (non-hydrogen) atoms. The van der Waals surface area contributed by atoms with Crippen LogP contribution in [0.1, 0.15) is 44.7 Å². The highest BCUT2D eigenvalue weighted by molar-refractivity contribution is 6.79. The van der Waals surface area contributed by atoms with E-state index in [4.69, 9.17) is 0 Å². The Kier molecular flexibility index (Phi) is 5.60. The predicted octanol–water partition coefficient (Wildman–Crippen LogP) is 6.03. The Morgan fingerprint density at radius 1 is 1.21 bits per heavy atom. The van der Waals surface area contributed by atoms with Crippen LogP contribution in [0, 0.1) is 5.41 Å². The second kappa shape index (κ2) is 6.56. The fraction of sp³-hybridized carbons (Fsp3) is 0.556. The summed E-state index contributed by atoms with van der Waals surface area (Å²) < 4.78 is 0. The highest BCUT2D eigenvalue weighted by atomic mass is 28.3. The molecule has 0 aliphatic rings. The van der Waals surface area contributed by atoms with Crippen LogP contribution in [0.2, 0.25) is 19.1 Å². The number of allylic oxidation sites excluding steroid dienone is 1. The van der Waals surface area contributed by atoms with E-state index in [0.29, 0.717) is 5.41 Å². The van der Waals surface area contributed by atoms with Crippen molar-refractivity contribution in [3.8, 4) is 0 Å². The minimum Gasteiger partial charge on any atom is -0.103 e. The molecule has 1 atom stereocenters. The monoisotopic (exact) mass is 274 g/mol. The second-order valence-electron chi connectivity index (χ2n) is 7.17. The molecule has 0 bridgehead atoms. The van der Waals surface area contributed by atoms with E-state index in [2.05, 4.69) is 76.9 Å². The summed E-state index contributed by atoms with van der Waals surface area (Å²) in [5.41, 5.74) is 2.68. The molecule has 0 saturated carbocycles. The van der Waals surface area contributed by atoms with Crippen molar-refractivity contribution >= 4 is 8.07 Å². The second-order valence-corrected chi connectivity index (χ2v) is 12.2.